The molecule has 14 aromatic heterocycles. The van der Waals surface area contributed by atoms with Crippen LogP contribution in [0.4, 0.5) is 59.0 Å². The topological polar surface area (TPSA) is 671 Å². The standard InChI is InChI=1S/C9H10N6O2.C8H10N6.C5H4ClN5.C5H6N6.C5H5N5O.2C5H5N5/c10-8-13-5-4(11-3-12-5)6(14-8)15-9(1-2-9)7(16)17;9-8-13-6-5(10-3-11-6)7(14-8)12-4-1-2-4;2*6-3-2-4(9-1-8-2)11-5(7)10-3;6-5-9-3-2(4(11)10-5)7-1-8-3;6-4-3-5(9-1-7-3)10-2-8-4;6-5-7-1-3-4(10-5)9-2-8-3/h3H,1-2H2,(H,16,17)(H4,10,11,12,13,14,15);3-4H,1-2H2,(H4,9,10,11,12,13,14);1H,(H3,7,8,9,10,11);1H,(H5,6,7,8,9,10,11);1H,(H4,6,7,8,9,10,11);2*1-2H,(H3,6,7,8,9,10). The van der Waals surface area contributed by atoms with Crippen molar-refractivity contribution in [2.24, 2.45) is 0 Å². The summed E-state index contributed by atoms with van der Waals surface area (Å²) in [5.74, 6) is 1.93. The molecule has 14 aromatic rings. The van der Waals surface area contributed by atoms with Crippen molar-refractivity contribution >= 4 is 155 Å². The van der Waals surface area contributed by atoms with Gasteiger partial charge in [0.15, 0.2) is 73.5 Å². The van der Waals surface area contributed by atoms with Gasteiger partial charge in [-0.15, -0.1) is 0 Å². The van der Waals surface area contributed by atoms with Gasteiger partial charge in [-0.25, -0.2) is 54.6 Å². The van der Waals surface area contributed by atoms with Gasteiger partial charge in [-0.3, -0.25) is 9.78 Å². The first kappa shape index (κ1) is 54.8. The maximum Gasteiger partial charge on any atom is 0.329 e. The van der Waals surface area contributed by atoms with Crippen LogP contribution in [0.2, 0.25) is 5.15 Å². The van der Waals surface area contributed by atoms with Crippen LogP contribution in [0.3, 0.4) is 0 Å². The van der Waals surface area contributed by atoms with Gasteiger partial charge in [0.05, 0.1) is 50.5 Å². The predicted molar refractivity (Wildman–Crippen MR) is 305 cm³/mol. The van der Waals surface area contributed by atoms with E-state index in [9.17, 15) is 9.59 Å². The average Bonchev–Trinajstić information content (AvgIpc) is 3.70. The number of hydrogen-bond acceptors (Lipinski definition) is 32. The Balaban J connectivity index is 0.000000110. The van der Waals surface area contributed by atoms with E-state index in [-0.39, 0.29) is 41.2 Å². The molecule has 2 saturated carbocycles. The normalized spacial score (nSPS) is 12.7. The molecule has 2 aliphatic rings. The highest BCUT2D eigenvalue weighted by molar-refractivity contribution is 6.33. The molecular formula is C42H45ClN38O3. The number of nitrogen functional groups attached to an aromatic ring is 8. The fourth-order valence-electron chi connectivity index (χ4n) is 7.14. The van der Waals surface area contributed by atoms with Gasteiger partial charge < -0.3 is 96.5 Å². The van der Waals surface area contributed by atoms with Gasteiger partial charge in [-0.1, -0.05) is 11.6 Å². The molecule has 84 heavy (non-hydrogen) atoms. The number of hydrogen-bond donors (Lipinski definition) is 19. The minimum Gasteiger partial charge on any atom is -0.480 e. The Morgan fingerprint density at radius 3 is 1.55 bits per heavy atom. The van der Waals surface area contributed by atoms with Gasteiger partial charge >= 0.3 is 5.97 Å². The molecule has 0 aliphatic heterocycles. The van der Waals surface area contributed by atoms with Gasteiger partial charge in [0.1, 0.15) is 45.0 Å². The highest BCUT2D eigenvalue weighted by Crippen LogP contribution is 2.40. The molecule has 0 bridgehead atoms. The molecule has 0 radical (unpaired) electrons. The lowest BCUT2D eigenvalue weighted by Gasteiger charge is -2.13. The Labute approximate surface area is 468 Å². The number of carbonyl (C=O) groups is 1. The van der Waals surface area contributed by atoms with Crippen molar-refractivity contribution < 1.29 is 9.90 Å². The monoisotopic (exact) mass is 1160 g/mol. The van der Waals surface area contributed by atoms with Gasteiger partial charge in [-0.05, 0) is 25.7 Å². The Kier molecular flexibility index (Phi) is 15.3. The smallest absolute Gasteiger partial charge is 0.329 e. The summed E-state index contributed by atoms with van der Waals surface area (Å²) in [6, 6.07) is 0.538. The highest BCUT2D eigenvalue weighted by Gasteiger charge is 2.51. The molecule has 2 fully saturated rings. The molecule has 42 heteroatoms. The highest BCUT2D eigenvalue weighted by atomic mass is 35.5. The van der Waals surface area contributed by atoms with Crippen LogP contribution in [-0.4, -0.2) is 162 Å². The Morgan fingerprint density at radius 2 is 0.952 bits per heavy atom. The van der Waals surface area contributed by atoms with Crippen molar-refractivity contribution in [1.82, 2.24) is 140 Å². The number of rotatable bonds is 5. The number of fused-ring (bicyclic) bond motifs is 7. The van der Waals surface area contributed by atoms with Crippen molar-refractivity contribution in [2.45, 2.75) is 37.3 Å². The van der Waals surface area contributed by atoms with E-state index in [1.54, 1.807) is 18.9 Å². The third-order valence-corrected chi connectivity index (χ3v) is 11.7. The molecule has 14 heterocycles. The van der Waals surface area contributed by atoms with E-state index >= 15 is 0 Å². The fourth-order valence-corrected chi connectivity index (χ4v) is 7.37. The maximum absolute atomic E-state index is 11.1. The number of imidazole rings is 7. The minimum absolute atomic E-state index is 0.0632. The van der Waals surface area contributed by atoms with Gasteiger partial charge in [0.2, 0.25) is 35.7 Å². The summed E-state index contributed by atoms with van der Waals surface area (Å²) in [6.45, 7) is 0. The van der Waals surface area contributed by atoms with E-state index in [0.717, 1.165) is 16.9 Å². The first-order valence-corrected chi connectivity index (χ1v) is 24.4. The second-order valence-electron chi connectivity index (χ2n) is 17.3. The summed E-state index contributed by atoms with van der Waals surface area (Å²) < 4.78 is 0. The minimum atomic E-state index is -0.918. The number of anilines is 10. The number of aromatic nitrogens is 28. The zero-order chi connectivity index (χ0) is 59.1. The summed E-state index contributed by atoms with van der Waals surface area (Å²) in [7, 11) is 0. The summed E-state index contributed by atoms with van der Waals surface area (Å²) in [5, 5.41) is 15.6. The molecule has 0 unspecified atom stereocenters. The largest absolute Gasteiger partial charge is 0.480 e. The van der Waals surface area contributed by atoms with Crippen LogP contribution in [0.15, 0.2) is 61.6 Å². The molecule has 2 aliphatic carbocycles. The molecule has 428 valence electrons. The number of carboxylic acids is 1. The SMILES string of the molecule is Nc1nc(Cl)c2[nH]cnc2n1.Nc1nc(N)c2[nH]cnc2n1.Nc1nc(NC2(C(=O)O)CC2)c2[nH]cnc2n1.Nc1nc(NC2CC2)c2[nH]cnc2n1.Nc1nc2nc[nH]c2c(=O)[nH]1.Nc1ncc2[nH]cnc2n1.Nc1ncnc2nc[nH]c12. The van der Waals surface area contributed by atoms with E-state index in [2.05, 4.69) is 150 Å². The maximum atomic E-state index is 11.1. The van der Waals surface area contributed by atoms with Gasteiger partial charge in [0.25, 0.3) is 5.56 Å². The third kappa shape index (κ3) is 12.8. The van der Waals surface area contributed by atoms with Crippen LogP contribution in [0.1, 0.15) is 25.7 Å². The first-order chi connectivity index (χ1) is 40.5. The number of carboxylic acid groups (broad SMARTS) is 1. The quantitative estimate of drug-likeness (QED) is 0.0982. The predicted octanol–water partition coefficient (Wildman–Crippen LogP) is -0.322. The lowest BCUT2D eigenvalue weighted by atomic mass is 10.2. The third-order valence-electron chi connectivity index (χ3n) is 11.4. The van der Waals surface area contributed by atoms with Crippen molar-refractivity contribution in [3.63, 3.8) is 0 Å². The van der Waals surface area contributed by atoms with Crippen molar-refractivity contribution in [3.05, 3.63) is 72.3 Å². The molecule has 0 amide bonds. The molecular weight excluding hydrogens is 1120 g/mol. The molecule has 0 aromatic carbocycles. The Hall–Kier alpha value is -12.6. The number of aromatic amines is 8. The number of H-pyrrole nitrogens is 8. The summed E-state index contributed by atoms with van der Waals surface area (Å²) in [5.41, 5.74) is 50.1. The lowest BCUT2D eigenvalue weighted by Crippen LogP contribution is -2.32. The van der Waals surface area contributed by atoms with Crippen LogP contribution in [-0.2, 0) is 4.79 Å². The van der Waals surface area contributed by atoms with Crippen LogP contribution in [0, 0.1) is 0 Å². The fraction of sp³-hybridized carbons (Fsp3) is 0.143. The summed E-state index contributed by atoms with van der Waals surface area (Å²) in [4.78, 5) is 122. The number of nitrogens with zero attached hydrogens (tertiary/aromatic N) is 20. The molecule has 0 spiro atoms. The molecule has 0 saturated heterocycles. The molecule has 16 rings (SSSR count). The number of nitrogens with two attached hydrogens (primary N) is 8. The van der Waals surface area contributed by atoms with E-state index in [4.69, 9.17) is 62.6 Å². The van der Waals surface area contributed by atoms with E-state index in [1.807, 2.05) is 0 Å². The lowest BCUT2D eigenvalue weighted by molar-refractivity contribution is -0.138. The Morgan fingerprint density at radius 1 is 0.488 bits per heavy atom. The van der Waals surface area contributed by atoms with E-state index < -0.39 is 11.5 Å². The summed E-state index contributed by atoms with van der Waals surface area (Å²) >= 11 is 5.70. The van der Waals surface area contributed by atoms with Crippen molar-refractivity contribution in [2.75, 3.05) is 56.5 Å². The van der Waals surface area contributed by atoms with Crippen molar-refractivity contribution in [1.29, 1.82) is 0 Å². The van der Waals surface area contributed by atoms with Crippen molar-refractivity contribution in [3.8, 4) is 0 Å². The zero-order valence-corrected chi connectivity index (χ0v) is 43.6. The van der Waals surface area contributed by atoms with Gasteiger partial charge in [-0.2, -0.15) is 49.8 Å². The van der Waals surface area contributed by atoms with E-state index in [0.29, 0.717) is 109 Å². The van der Waals surface area contributed by atoms with Crippen LogP contribution in [0.5, 0.6) is 0 Å². The van der Waals surface area contributed by atoms with Crippen LogP contribution >= 0.6 is 11.6 Å². The number of aliphatic carboxylic acids is 1. The van der Waals surface area contributed by atoms with Gasteiger partial charge in [0, 0.05) is 6.04 Å². The van der Waals surface area contributed by atoms with Crippen LogP contribution < -0.4 is 62.1 Å². The average molecular weight is 1170 g/mol. The zero-order valence-electron chi connectivity index (χ0n) is 42.8. The second kappa shape index (κ2) is 23.4. The van der Waals surface area contributed by atoms with E-state index in [1.165, 1.54) is 50.8 Å². The second-order valence-corrected chi connectivity index (χ2v) is 17.7. The first-order valence-electron chi connectivity index (χ1n) is 24.0. The number of nitrogens with one attached hydrogen (secondary N) is 10. The Bertz CT molecular complexity index is 4570. The summed E-state index contributed by atoms with van der Waals surface area (Å²) in [6.07, 6.45) is 17.0. The molecule has 0 atom stereocenters. The molecule has 41 nitrogen and oxygen atoms in total. The number of halogens is 1. The van der Waals surface area contributed by atoms with Crippen LogP contribution in [0.25, 0.3) is 78.1 Å². The molecule has 27 N–H and O–H groups in total.